The molecule has 0 radical (unpaired) electrons. The van der Waals surface area contributed by atoms with Crippen LogP contribution in [0.2, 0.25) is 0 Å². The van der Waals surface area contributed by atoms with Crippen molar-refractivity contribution in [2.45, 2.75) is 0 Å². The van der Waals surface area contributed by atoms with Crippen LogP contribution in [-0.2, 0) is 0 Å². The van der Waals surface area contributed by atoms with Gasteiger partial charge in [0, 0.05) is 4.47 Å². The molecule has 0 bridgehead atoms. The SMILES string of the molecule is Nc1ncnc(N/N=C\c2ccc(Br)cc2)c1[N+](=O)[O-]. The van der Waals surface area contributed by atoms with Crippen LogP contribution < -0.4 is 11.2 Å². The molecule has 2 rings (SSSR count). The molecule has 0 aliphatic heterocycles. The van der Waals surface area contributed by atoms with Crippen molar-refractivity contribution >= 4 is 39.5 Å². The van der Waals surface area contributed by atoms with E-state index in [4.69, 9.17) is 5.73 Å². The van der Waals surface area contributed by atoms with Gasteiger partial charge in [-0.1, -0.05) is 28.1 Å². The number of anilines is 2. The second-order valence-electron chi connectivity index (χ2n) is 3.63. The Hall–Kier alpha value is -2.55. The quantitative estimate of drug-likeness (QED) is 0.501. The van der Waals surface area contributed by atoms with E-state index in [-0.39, 0.29) is 11.6 Å². The summed E-state index contributed by atoms with van der Waals surface area (Å²) in [5.74, 6) is -0.276. The molecular formula is C11H9BrN6O2. The lowest BCUT2D eigenvalue weighted by Crippen LogP contribution is -2.04. The lowest BCUT2D eigenvalue weighted by Gasteiger charge is -2.01. The van der Waals surface area contributed by atoms with Crippen molar-refractivity contribution in [3.05, 3.63) is 50.7 Å². The van der Waals surface area contributed by atoms with Crippen LogP contribution in [0.1, 0.15) is 5.56 Å². The molecule has 0 saturated carbocycles. The summed E-state index contributed by atoms with van der Waals surface area (Å²) in [5, 5.41) is 14.7. The van der Waals surface area contributed by atoms with E-state index in [2.05, 4.69) is 36.4 Å². The minimum atomic E-state index is -0.660. The number of hydrogen-bond donors (Lipinski definition) is 2. The molecule has 3 N–H and O–H groups in total. The van der Waals surface area contributed by atoms with Crippen molar-refractivity contribution in [1.29, 1.82) is 0 Å². The number of halogens is 1. The summed E-state index contributed by atoms with van der Waals surface area (Å²) in [6.45, 7) is 0. The molecule has 0 unspecified atom stereocenters. The zero-order chi connectivity index (χ0) is 14.5. The Morgan fingerprint density at radius 3 is 2.70 bits per heavy atom. The maximum absolute atomic E-state index is 10.9. The van der Waals surface area contributed by atoms with Gasteiger partial charge in [0.1, 0.15) is 6.33 Å². The molecule has 0 aliphatic carbocycles. The highest BCUT2D eigenvalue weighted by atomic mass is 79.9. The van der Waals surface area contributed by atoms with Gasteiger partial charge in [0.05, 0.1) is 11.1 Å². The predicted molar refractivity (Wildman–Crippen MR) is 78.5 cm³/mol. The van der Waals surface area contributed by atoms with Gasteiger partial charge in [-0.05, 0) is 17.7 Å². The van der Waals surface area contributed by atoms with Crippen molar-refractivity contribution in [1.82, 2.24) is 9.97 Å². The van der Waals surface area contributed by atoms with Crippen LogP contribution >= 0.6 is 15.9 Å². The molecule has 0 amide bonds. The Kier molecular flexibility index (Phi) is 4.20. The smallest absolute Gasteiger partial charge is 0.354 e. The molecule has 20 heavy (non-hydrogen) atoms. The number of nitrogens with two attached hydrogens (primary N) is 1. The number of rotatable bonds is 4. The highest BCUT2D eigenvalue weighted by Crippen LogP contribution is 2.25. The maximum atomic E-state index is 10.9. The molecule has 0 atom stereocenters. The molecule has 9 heteroatoms. The fourth-order valence-corrected chi connectivity index (χ4v) is 1.64. The molecule has 102 valence electrons. The maximum Gasteiger partial charge on any atom is 0.354 e. The summed E-state index contributed by atoms with van der Waals surface area (Å²) in [6, 6.07) is 7.37. The van der Waals surface area contributed by atoms with Crippen LogP contribution in [0.25, 0.3) is 0 Å². The zero-order valence-electron chi connectivity index (χ0n) is 10.0. The highest BCUT2D eigenvalue weighted by molar-refractivity contribution is 9.10. The molecule has 0 spiro atoms. The fourth-order valence-electron chi connectivity index (χ4n) is 1.37. The molecule has 1 aromatic carbocycles. The van der Waals surface area contributed by atoms with E-state index < -0.39 is 10.6 Å². The molecular weight excluding hydrogens is 328 g/mol. The highest BCUT2D eigenvalue weighted by Gasteiger charge is 2.20. The first-order valence-corrected chi connectivity index (χ1v) is 6.16. The van der Waals surface area contributed by atoms with Gasteiger partial charge < -0.3 is 5.73 Å². The number of nitro groups is 1. The number of benzene rings is 1. The average molecular weight is 337 g/mol. The van der Waals surface area contributed by atoms with Crippen LogP contribution in [-0.4, -0.2) is 21.1 Å². The Morgan fingerprint density at radius 2 is 2.05 bits per heavy atom. The van der Waals surface area contributed by atoms with E-state index in [1.807, 2.05) is 24.3 Å². The van der Waals surface area contributed by atoms with Crippen LogP contribution in [0.3, 0.4) is 0 Å². The summed E-state index contributed by atoms with van der Waals surface area (Å²) in [6.07, 6.45) is 2.63. The van der Waals surface area contributed by atoms with Crippen LogP contribution in [0, 0.1) is 10.1 Å². The number of hydrogen-bond acceptors (Lipinski definition) is 7. The van der Waals surface area contributed by atoms with Crippen LogP contribution in [0.5, 0.6) is 0 Å². The molecule has 0 aliphatic rings. The van der Waals surface area contributed by atoms with Gasteiger partial charge >= 0.3 is 5.69 Å². The van der Waals surface area contributed by atoms with Gasteiger partial charge in [-0.3, -0.25) is 15.5 Å². The number of hydrazone groups is 1. The van der Waals surface area contributed by atoms with Gasteiger partial charge in [0.15, 0.2) is 0 Å². The summed E-state index contributed by atoms with van der Waals surface area (Å²) < 4.78 is 0.946. The van der Waals surface area contributed by atoms with Crippen molar-refractivity contribution in [2.75, 3.05) is 11.2 Å². The molecule has 8 nitrogen and oxygen atoms in total. The fraction of sp³-hybridized carbons (Fsp3) is 0. The van der Waals surface area contributed by atoms with E-state index in [0.29, 0.717) is 0 Å². The first-order chi connectivity index (χ1) is 9.58. The van der Waals surface area contributed by atoms with Crippen molar-refractivity contribution in [3.63, 3.8) is 0 Å². The van der Waals surface area contributed by atoms with Crippen molar-refractivity contribution in [3.8, 4) is 0 Å². The molecule has 1 heterocycles. The lowest BCUT2D eigenvalue weighted by molar-refractivity contribution is -0.383. The second-order valence-corrected chi connectivity index (χ2v) is 4.55. The van der Waals surface area contributed by atoms with Crippen molar-refractivity contribution in [2.24, 2.45) is 5.10 Å². The van der Waals surface area contributed by atoms with Gasteiger partial charge in [-0.25, -0.2) is 9.97 Å². The van der Waals surface area contributed by atoms with Gasteiger partial charge in [0.25, 0.3) is 0 Å². The van der Waals surface area contributed by atoms with E-state index >= 15 is 0 Å². The van der Waals surface area contributed by atoms with Crippen LogP contribution in [0.15, 0.2) is 40.2 Å². The largest absolute Gasteiger partial charge is 0.378 e. The third-order valence-electron chi connectivity index (χ3n) is 2.29. The minimum Gasteiger partial charge on any atom is -0.378 e. The molecule has 1 aromatic heterocycles. The topological polar surface area (TPSA) is 119 Å². The molecule has 2 aromatic rings. The normalized spacial score (nSPS) is 10.7. The van der Waals surface area contributed by atoms with Gasteiger partial charge in [-0.2, -0.15) is 5.10 Å². The lowest BCUT2D eigenvalue weighted by atomic mass is 10.2. The van der Waals surface area contributed by atoms with E-state index in [1.165, 1.54) is 6.21 Å². The predicted octanol–water partition coefficient (Wildman–Crippen LogP) is 2.18. The monoisotopic (exact) mass is 336 g/mol. The molecule has 0 saturated heterocycles. The van der Waals surface area contributed by atoms with Gasteiger partial charge in [0.2, 0.25) is 11.6 Å². The first kappa shape index (κ1) is 13.9. The summed E-state index contributed by atoms with van der Waals surface area (Å²) in [5.41, 5.74) is 8.34. The minimum absolute atomic E-state index is 0.0594. The number of nitrogens with one attached hydrogen (secondary N) is 1. The zero-order valence-corrected chi connectivity index (χ0v) is 11.6. The Morgan fingerprint density at radius 1 is 1.35 bits per heavy atom. The van der Waals surface area contributed by atoms with Crippen LogP contribution in [0.4, 0.5) is 17.3 Å². The number of nitrogens with zero attached hydrogens (tertiary/aromatic N) is 4. The number of aromatic nitrogens is 2. The molecule has 0 fully saturated rings. The van der Waals surface area contributed by atoms with E-state index in [1.54, 1.807) is 0 Å². The third kappa shape index (κ3) is 3.26. The Labute approximate surface area is 122 Å². The van der Waals surface area contributed by atoms with E-state index in [0.717, 1.165) is 16.4 Å². The summed E-state index contributed by atoms with van der Waals surface area (Å²) in [4.78, 5) is 17.5. The number of nitrogen functional groups attached to an aromatic ring is 1. The van der Waals surface area contributed by atoms with Gasteiger partial charge in [-0.15, -0.1) is 0 Å². The second kappa shape index (κ2) is 6.06. The summed E-state index contributed by atoms with van der Waals surface area (Å²) >= 11 is 3.32. The van der Waals surface area contributed by atoms with E-state index in [9.17, 15) is 10.1 Å². The summed E-state index contributed by atoms with van der Waals surface area (Å²) in [7, 11) is 0. The Bertz CT molecular complexity index is 658. The first-order valence-electron chi connectivity index (χ1n) is 5.37. The standard InChI is InChI=1S/C11H9BrN6O2/c12-8-3-1-7(2-4-8)5-16-17-11-9(18(19)20)10(13)14-6-15-11/h1-6H,(H3,13,14,15,17)/b16-5-. The third-order valence-corrected chi connectivity index (χ3v) is 2.82. The van der Waals surface area contributed by atoms with Crippen molar-refractivity contribution < 1.29 is 4.92 Å². The average Bonchev–Trinajstić information content (AvgIpc) is 2.40. The Balaban J connectivity index is 2.17.